The second kappa shape index (κ2) is 3.64. The van der Waals surface area contributed by atoms with E-state index in [1.165, 1.54) is 0 Å². The van der Waals surface area contributed by atoms with Gasteiger partial charge in [-0.05, 0) is 39.9 Å². The normalized spacial score (nSPS) is 14.4. The van der Waals surface area contributed by atoms with Gasteiger partial charge in [0.1, 0.15) is 0 Å². The monoisotopic (exact) mass is 282 g/mol. The van der Waals surface area contributed by atoms with Crippen molar-refractivity contribution in [3.8, 4) is 11.5 Å². The van der Waals surface area contributed by atoms with Gasteiger partial charge in [0.05, 0.1) is 0 Å². The van der Waals surface area contributed by atoms with Crippen LogP contribution in [0.5, 0.6) is 11.5 Å². The third-order valence-corrected chi connectivity index (χ3v) is 4.12. The molecule has 0 radical (unpaired) electrons. The quantitative estimate of drug-likeness (QED) is 0.595. The molecule has 0 spiro atoms. The molecule has 3 aromatic carbocycles. The summed E-state index contributed by atoms with van der Waals surface area (Å²) in [5.74, 6) is 1.31. The molecule has 0 aliphatic carbocycles. The van der Waals surface area contributed by atoms with Crippen LogP contribution in [0.25, 0.3) is 21.5 Å². The van der Waals surface area contributed by atoms with Gasteiger partial charge < -0.3 is 9.47 Å². The van der Waals surface area contributed by atoms with E-state index >= 15 is 0 Å². The molecule has 0 fully saturated rings. The first kappa shape index (κ1) is 12.4. The standard InChI is InChI=1S/C17H14O4/c1-17(2,3)11-4-10-14(16(19)15(10)18)9-6-13-12(5-8(9)11)20-7-21-13/h4-6H,7H2,1-3H3. The molecule has 4 nitrogen and oxygen atoms in total. The summed E-state index contributed by atoms with van der Waals surface area (Å²) in [5.41, 5.74) is 0.0969. The molecule has 4 heteroatoms. The molecule has 1 aliphatic heterocycles. The molecular weight excluding hydrogens is 268 g/mol. The van der Waals surface area contributed by atoms with Crippen molar-refractivity contribution >= 4 is 21.5 Å². The van der Waals surface area contributed by atoms with E-state index in [0.29, 0.717) is 22.3 Å². The lowest BCUT2D eigenvalue weighted by Gasteiger charge is -2.23. The molecule has 0 atom stereocenters. The highest BCUT2D eigenvalue weighted by molar-refractivity contribution is 6.12. The Labute approximate surface area is 120 Å². The van der Waals surface area contributed by atoms with E-state index in [0.717, 1.165) is 16.3 Å². The summed E-state index contributed by atoms with van der Waals surface area (Å²) in [6, 6.07) is 5.58. The van der Waals surface area contributed by atoms with Crippen molar-refractivity contribution in [1.29, 1.82) is 0 Å². The van der Waals surface area contributed by atoms with Crippen molar-refractivity contribution < 1.29 is 9.47 Å². The molecule has 106 valence electrons. The Bertz CT molecular complexity index is 982. The molecule has 0 unspecified atom stereocenters. The zero-order valence-corrected chi connectivity index (χ0v) is 12.1. The summed E-state index contributed by atoms with van der Waals surface area (Å²) in [5, 5.41) is 2.77. The van der Waals surface area contributed by atoms with Crippen LogP contribution >= 0.6 is 0 Å². The predicted octanol–water partition coefficient (Wildman–Crippen LogP) is 2.62. The fourth-order valence-corrected chi connectivity index (χ4v) is 3.03. The van der Waals surface area contributed by atoms with Crippen molar-refractivity contribution in [3.05, 3.63) is 44.2 Å². The van der Waals surface area contributed by atoms with E-state index in [9.17, 15) is 9.59 Å². The van der Waals surface area contributed by atoms with Crippen molar-refractivity contribution in [1.82, 2.24) is 0 Å². The van der Waals surface area contributed by atoms with Gasteiger partial charge in [0, 0.05) is 10.8 Å². The molecular formula is C17H14O4. The molecule has 0 N–H and O–H groups in total. The van der Waals surface area contributed by atoms with Gasteiger partial charge in [-0.1, -0.05) is 20.8 Å². The third-order valence-electron chi connectivity index (χ3n) is 4.12. The van der Waals surface area contributed by atoms with Crippen LogP contribution in [0.1, 0.15) is 26.3 Å². The highest BCUT2D eigenvalue weighted by Crippen LogP contribution is 2.41. The maximum absolute atomic E-state index is 11.9. The summed E-state index contributed by atoms with van der Waals surface area (Å²) in [4.78, 5) is 23.7. The number of fused-ring (bicyclic) bond motifs is 4. The van der Waals surface area contributed by atoms with Crippen LogP contribution in [0.15, 0.2) is 27.8 Å². The topological polar surface area (TPSA) is 52.6 Å². The van der Waals surface area contributed by atoms with Crippen LogP contribution < -0.4 is 20.3 Å². The highest BCUT2D eigenvalue weighted by Gasteiger charge is 2.26. The zero-order valence-electron chi connectivity index (χ0n) is 12.1. The number of rotatable bonds is 0. The van der Waals surface area contributed by atoms with E-state index in [2.05, 4.69) is 20.8 Å². The number of ether oxygens (including phenoxy) is 2. The van der Waals surface area contributed by atoms with Gasteiger partial charge in [-0.3, -0.25) is 9.59 Å². The van der Waals surface area contributed by atoms with E-state index < -0.39 is 10.9 Å². The van der Waals surface area contributed by atoms with Crippen LogP contribution in [-0.2, 0) is 5.41 Å². The van der Waals surface area contributed by atoms with Crippen molar-refractivity contribution in [2.45, 2.75) is 26.2 Å². The lowest BCUT2D eigenvalue weighted by Crippen LogP contribution is -2.31. The summed E-state index contributed by atoms with van der Waals surface area (Å²) < 4.78 is 10.8. The molecule has 0 amide bonds. The first-order valence-corrected chi connectivity index (χ1v) is 6.88. The minimum Gasteiger partial charge on any atom is -0.454 e. The Morgan fingerprint density at radius 2 is 1.48 bits per heavy atom. The average Bonchev–Trinajstić information content (AvgIpc) is 2.88. The Kier molecular flexibility index (Phi) is 2.15. The third kappa shape index (κ3) is 1.50. The van der Waals surface area contributed by atoms with Crippen molar-refractivity contribution in [2.75, 3.05) is 6.79 Å². The number of benzene rings is 2. The van der Waals surface area contributed by atoms with Gasteiger partial charge >= 0.3 is 0 Å². The SMILES string of the molecule is CC(C)(C)c1cc2c(=O)c(=O)c2c2cc3c(cc12)OCO3. The molecule has 4 rings (SSSR count). The maximum atomic E-state index is 11.9. The maximum Gasteiger partial charge on any atom is 0.234 e. The fourth-order valence-electron chi connectivity index (χ4n) is 3.03. The Morgan fingerprint density at radius 3 is 2.10 bits per heavy atom. The zero-order chi connectivity index (χ0) is 14.9. The molecule has 3 aromatic rings. The van der Waals surface area contributed by atoms with E-state index in [1.807, 2.05) is 18.2 Å². The molecule has 1 heterocycles. The molecule has 0 bridgehead atoms. The highest BCUT2D eigenvalue weighted by atomic mass is 16.7. The van der Waals surface area contributed by atoms with Gasteiger partial charge in [-0.2, -0.15) is 0 Å². The number of hydrogen-bond donors (Lipinski definition) is 0. The summed E-state index contributed by atoms with van der Waals surface area (Å²) in [6.07, 6.45) is 0. The molecule has 0 aromatic heterocycles. The minimum absolute atomic E-state index is 0.139. The van der Waals surface area contributed by atoms with Crippen molar-refractivity contribution in [2.24, 2.45) is 0 Å². The van der Waals surface area contributed by atoms with Gasteiger partial charge in [-0.25, -0.2) is 0 Å². The van der Waals surface area contributed by atoms with E-state index in [4.69, 9.17) is 9.47 Å². The van der Waals surface area contributed by atoms with Crippen molar-refractivity contribution in [3.63, 3.8) is 0 Å². The summed E-state index contributed by atoms with van der Waals surface area (Å²) in [7, 11) is 0. The largest absolute Gasteiger partial charge is 0.454 e. The van der Waals surface area contributed by atoms with Gasteiger partial charge in [-0.15, -0.1) is 0 Å². The Hall–Kier alpha value is -2.36. The minimum atomic E-state index is -0.408. The molecule has 21 heavy (non-hydrogen) atoms. The number of hydrogen-bond acceptors (Lipinski definition) is 4. The Morgan fingerprint density at radius 1 is 0.857 bits per heavy atom. The van der Waals surface area contributed by atoms with E-state index in [-0.39, 0.29) is 12.2 Å². The molecule has 0 saturated heterocycles. The lowest BCUT2D eigenvalue weighted by atomic mass is 9.81. The van der Waals surface area contributed by atoms with E-state index in [1.54, 1.807) is 0 Å². The lowest BCUT2D eigenvalue weighted by molar-refractivity contribution is 0.174. The van der Waals surface area contributed by atoms with Gasteiger partial charge in [0.2, 0.25) is 17.7 Å². The predicted molar refractivity (Wildman–Crippen MR) is 81.2 cm³/mol. The van der Waals surface area contributed by atoms with Crippen LogP contribution in [0, 0.1) is 0 Å². The summed E-state index contributed by atoms with van der Waals surface area (Å²) in [6.45, 7) is 6.45. The molecule has 1 aliphatic rings. The van der Waals surface area contributed by atoms with Gasteiger partial charge in [0.15, 0.2) is 11.5 Å². The van der Waals surface area contributed by atoms with Crippen LogP contribution in [0.4, 0.5) is 0 Å². The molecule has 0 saturated carbocycles. The second-order valence-electron chi connectivity index (χ2n) is 6.51. The first-order chi connectivity index (χ1) is 9.88. The average molecular weight is 282 g/mol. The second-order valence-corrected chi connectivity index (χ2v) is 6.51. The smallest absolute Gasteiger partial charge is 0.234 e. The van der Waals surface area contributed by atoms with Gasteiger partial charge in [0.25, 0.3) is 0 Å². The Balaban J connectivity index is 2.24. The summed E-state index contributed by atoms with van der Waals surface area (Å²) >= 11 is 0. The fraction of sp³-hybridized carbons (Fsp3) is 0.294. The van der Waals surface area contributed by atoms with Crippen LogP contribution in [0.2, 0.25) is 0 Å². The van der Waals surface area contributed by atoms with Crippen LogP contribution in [-0.4, -0.2) is 6.79 Å². The first-order valence-electron chi connectivity index (χ1n) is 6.88. The van der Waals surface area contributed by atoms with Crippen LogP contribution in [0.3, 0.4) is 0 Å².